The Bertz CT molecular complexity index is 448. The van der Waals surface area contributed by atoms with Crippen molar-refractivity contribution in [1.82, 2.24) is 5.32 Å². The number of rotatable bonds is 4. The van der Waals surface area contributed by atoms with Crippen LogP contribution >= 0.6 is 0 Å². The van der Waals surface area contributed by atoms with E-state index in [1.54, 1.807) is 7.11 Å². The van der Waals surface area contributed by atoms with Crippen LogP contribution in [-0.2, 0) is 0 Å². The molecule has 1 saturated carbocycles. The van der Waals surface area contributed by atoms with Crippen molar-refractivity contribution in [3.05, 3.63) is 29.3 Å². The largest absolute Gasteiger partial charge is 0.496 e. The van der Waals surface area contributed by atoms with Crippen LogP contribution in [-0.4, -0.2) is 26.0 Å². The smallest absolute Gasteiger partial charge is 0.169 e. The molecule has 1 aliphatic carbocycles. The lowest BCUT2D eigenvalue weighted by Gasteiger charge is -2.27. The maximum Gasteiger partial charge on any atom is 0.169 e. The third kappa shape index (κ3) is 3.16. The number of nitrogens with one attached hydrogen (secondary N) is 1. The fourth-order valence-corrected chi connectivity index (χ4v) is 2.88. The van der Waals surface area contributed by atoms with Gasteiger partial charge in [0, 0.05) is 12.0 Å². The number of hydrogen-bond donors (Lipinski definition) is 1. The van der Waals surface area contributed by atoms with Crippen molar-refractivity contribution in [2.24, 2.45) is 5.92 Å². The van der Waals surface area contributed by atoms with Crippen LogP contribution in [0.15, 0.2) is 18.2 Å². The number of ether oxygens (including phenoxy) is 1. The highest BCUT2D eigenvalue weighted by Gasteiger charge is 2.27. The number of ketones is 1. The van der Waals surface area contributed by atoms with Gasteiger partial charge in [0.15, 0.2) is 5.78 Å². The molecule has 1 aromatic carbocycles. The van der Waals surface area contributed by atoms with Crippen LogP contribution in [0, 0.1) is 12.8 Å². The maximum absolute atomic E-state index is 12.6. The molecule has 0 unspecified atom stereocenters. The van der Waals surface area contributed by atoms with Crippen molar-refractivity contribution in [1.29, 1.82) is 0 Å². The number of carbonyl (C=O) groups excluding carboxylic acids is 1. The van der Waals surface area contributed by atoms with Crippen molar-refractivity contribution in [3.8, 4) is 5.75 Å². The Kier molecular flexibility index (Phi) is 4.59. The van der Waals surface area contributed by atoms with Crippen LogP contribution < -0.4 is 10.1 Å². The Morgan fingerprint density at radius 3 is 2.53 bits per heavy atom. The zero-order chi connectivity index (χ0) is 13.8. The monoisotopic (exact) mass is 261 g/mol. The number of methoxy groups -OCH3 is 1. The fourth-order valence-electron chi connectivity index (χ4n) is 2.88. The number of Topliss-reactive ketones (excluding diaryl/α,β-unsaturated/α-hetero) is 1. The topological polar surface area (TPSA) is 38.3 Å². The molecule has 0 heterocycles. The summed E-state index contributed by atoms with van der Waals surface area (Å²) in [6, 6.07) is 6.39. The van der Waals surface area contributed by atoms with Crippen molar-refractivity contribution in [2.75, 3.05) is 14.2 Å². The van der Waals surface area contributed by atoms with Crippen LogP contribution in [0.4, 0.5) is 0 Å². The van der Waals surface area contributed by atoms with Crippen LogP contribution in [0.5, 0.6) is 5.75 Å². The molecule has 3 heteroatoms. The molecule has 104 valence electrons. The second kappa shape index (κ2) is 6.20. The highest BCUT2D eigenvalue weighted by molar-refractivity contribution is 6.00. The molecule has 1 aromatic rings. The van der Waals surface area contributed by atoms with Crippen molar-refractivity contribution < 1.29 is 9.53 Å². The van der Waals surface area contributed by atoms with Gasteiger partial charge in [0.2, 0.25) is 0 Å². The predicted molar refractivity (Wildman–Crippen MR) is 76.9 cm³/mol. The normalized spacial score (nSPS) is 23.1. The van der Waals surface area contributed by atoms with Crippen molar-refractivity contribution in [3.63, 3.8) is 0 Å². The summed E-state index contributed by atoms with van der Waals surface area (Å²) in [6.07, 6.45) is 4.12. The van der Waals surface area contributed by atoms with Gasteiger partial charge in [-0.3, -0.25) is 4.79 Å². The molecule has 0 radical (unpaired) electrons. The van der Waals surface area contributed by atoms with Gasteiger partial charge in [-0.05, 0) is 51.8 Å². The van der Waals surface area contributed by atoms with E-state index in [1.807, 2.05) is 32.2 Å². The average molecular weight is 261 g/mol. The van der Waals surface area contributed by atoms with E-state index in [4.69, 9.17) is 4.74 Å². The quantitative estimate of drug-likeness (QED) is 0.847. The van der Waals surface area contributed by atoms with E-state index in [0.717, 1.165) is 36.8 Å². The van der Waals surface area contributed by atoms with E-state index >= 15 is 0 Å². The molecule has 0 saturated heterocycles. The summed E-state index contributed by atoms with van der Waals surface area (Å²) in [6.45, 7) is 2.01. The molecule has 1 aliphatic rings. The first-order valence-corrected chi connectivity index (χ1v) is 7.01. The molecule has 3 nitrogen and oxygen atoms in total. The van der Waals surface area contributed by atoms with E-state index in [0.29, 0.717) is 11.8 Å². The van der Waals surface area contributed by atoms with Crippen molar-refractivity contribution in [2.45, 2.75) is 38.6 Å². The zero-order valence-electron chi connectivity index (χ0n) is 12.0. The highest BCUT2D eigenvalue weighted by atomic mass is 16.5. The molecule has 19 heavy (non-hydrogen) atoms. The zero-order valence-corrected chi connectivity index (χ0v) is 12.0. The summed E-state index contributed by atoms with van der Waals surface area (Å²) in [5, 5.41) is 3.30. The molecule has 0 amide bonds. The summed E-state index contributed by atoms with van der Waals surface area (Å²) < 4.78 is 5.32. The highest BCUT2D eigenvalue weighted by Crippen LogP contribution is 2.30. The lowest BCUT2D eigenvalue weighted by molar-refractivity contribution is 0.0877. The summed E-state index contributed by atoms with van der Waals surface area (Å²) in [7, 11) is 3.62. The number of benzene rings is 1. The van der Waals surface area contributed by atoms with Gasteiger partial charge in [-0.25, -0.2) is 0 Å². The Morgan fingerprint density at radius 1 is 1.26 bits per heavy atom. The Hall–Kier alpha value is -1.35. The second-order valence-electron chi connectivity index (χ2n) is 5.41. The molecular weight excluding hydrogens is 238 g/mol. The van der Waals surface area contributed by atoms with Gasteiger partial charge in [-0.2, -0.15) is 0 Å². The number of aryl methyl sites for hydroxylation is 1. The summed E-state index contributed by atoms with van der Waals surface area (Å²) in [4.78, 5) is 12.6. The molecule has 0 atom stereocenters. The predicted octanol–water partition coefficient (Wildman–Crippen LogP) is 2.96. The standard InChI is InChI=1S/C16H23NO2/c1-11-4-9-15(19-3)14(10-11)16(18)12-5-7-13(17-2)8-6-12/h4,9-10,12-13,17H,5-8H2,1-3H3. The molecule has 2 rings (SSSR count). The Balaban J connectivity index is 2.14. The van der Waals surface area contributed by atoms with Crippen LogP contribution in [0.1, 0.15) is 41.6 Å². The van der Waals surface area contributed by atoms with Crippen molar-refractivity contribution >= 4 is 5.78 Å². The van der Waals surface area contributed by atoms with E-state index < -0.39 is 0 Å². The van der Waals surface area contributed by atoms with E-state index in [9.17, 15) is 4.79 Å². The second-order valence-corrected chi connectivity index (χ2v) is 5.41. The first kappa shape index (κ1) is 14.1. The summed E-state index contributed by atoms with van der Waals surface area (Å²) in [5.74, 6) is 1.10. The van der Waals surface area contributed by atoms with Crippen LogP contribution in [0.3, 0.4) is 0 Å². The van der Waals surface area contributed by atoms with E-state index in [-0.39, 0.29) is 11.7 Å². The average Bonchev–Trinajstić information content (AvgIpc) is 2.46. The van der Waals surface area contributed by atoms with Gasteiger partial charge in [0.1, 0.15) is 5.75 Å². The maximum atomic E-state index is 12.6. The third-order valence-corrected chi connectivity index (χ3v) is 4.13. The van der Waals surface area contributed by atoms with Crippen LogP contribution in [0.2, 0.25) is 0 Å². The lowest BCUT2D eigenvalue weighted by atomic mass is 9.81. The van der Waals surface area contributed by atoms with E-state index in [2.05, 4.69) is 5.32 Å². The summed E-state index contributed by atoms with van der Waals surface area (Å²) in [5.41, 5.74) is 1.85. The minimum absolute atomic E-state index is 0.153. The molecule has 0 aliphatic heterocycles. The molecule has 0 spiro atoms. The molecule has 1 N–H and O–H groups in total. The van der Waals surface area contributed by atoms with Gasteiger partial charge >= 0.3 is 0 Å². The SMILES string of the molecule is CNC1CCC(C(=O)c2cc(C)ccc2OC)CC1. The Labute approximate surface area is 115 Å². The summed E-state index contributed by atoms with van der Waals surface area (Å²) >= 11 is 0. The minimum Gasteiger partial charge on any atom is -0.496 e. The van der Waals surface area contributed by atoms with Gasteiger partial charge < -0.3 is 10.1 Å². The number of carbonyl (C=O) groups is 1. The lowest BCUT2D eigenvalue weighted by Crippen LogP contribution is -2.32. The third-order valence-electron chi connectivity index (χ3n) is 4.13. The molecule has 0 aromatic heterocycles. The fraction of sp³-hybridized carbons (Fsp3) is 0.562. The van der Waals surface area contributed by atoms with Gasteiger partial charge in [0.05, 0.1) is 12.7 Å². The van der Waals surface area contributed by atoms with Crippen LogP contribution in [0.25, 0.3) is 0 Å². The molecule has 0 bridgehead atoms. The van der Waals surface area contributed by atoms with Gasteiger partial charge in [-0.15, -0.1) is 0 Å². The van der Waals surface area contributed by atoms with Gasteiger partial charge in [0.25, 0.3) is 0 Å². The Morgan fingerprint density at radius 2 is 1.95 bits per heavy atom. The number of hydrogen-bond acceptors (Lipinski definition) is 3. The van der Waals surface area contributed by atoms with E-state index in [1.165, 1.54) is 0 Å². The molecule has 1 fully saturated rings. The first-order valence-electron chi connectivity index (χ1n) is 7.01. The molecular formula is C16H23NO2. The first-order chi connectivity index (χ1) is 9.15. The van der Waals surface area contributed by atoms with Gasteiger partial charge in [-0.1, -0.05) is 11.6 Å². The minimum atomic E-state index is 0.153.